The van der Waals surface area contributed by atoms with Gasteiger partial charge in [-0.3, -0.25) is 9.78 Å². The number of carbonyl (C=O) groups excluding carboxylic acids is 1. The van der Waals surface area contributed by atoms with Crippen molar-refractivity contribution in [3.8, 4) is 0 Å². The molecule has 3 nitrogen and oxygen atoms in total. The van der Waals surface area contributed by atoms with E-state index < -0.39 is 0 Å². The average molecular weight is 238 g/mol. The van der Waals surface area contributed by atoms with Gasteiger partial charge in [0, 0.05) is 24.1 Å². The van der Waals surface area contributed by atoms with Crippen LogP contribution < -0.4 is 4.90 Å². The molecule has 18 heavy (non-hydrogen) atoms. The zero-order valence-electron chi connectivity index (χ0n) is 10.3. The Balaban J connectivity index is 1.99. The minimum Gasteiger partial charge on any atom is -0.308 e. The molecule has 3 rings (SSSR count). The standard InChI is InChI=1S/C15H14N2O/c1-11-13(6-4-9-16-11)15(18)17-10-8-12-5-2-3-7-14(12)17/h2-7,9H,8,10H2,1H3. The molecule has 0 bridgehead atoms. The van der Waals surface area contributed by atoms with Gasteiger partial charge in [-0.1, -0.05) is 18.2 Å². The van der Waals surface area contributed by atoms with Gasteiger partial charge in [-0.05, 0) is 37.1 Å². The summed E-state index contributed by atoms with van der Waals surface area (Å²) in [7, 11) is 0. The molecule has 0 fully saturated rings. The number of hydrogen-bond donors (Lipinski definition) is 0. The lowest BCUT2D eigenvalue weighted by Crippen LogP contribution is -2.29. The van der Waals surface area contributed by atoms with Gasteiger partial charge < -0.3 is 4.90 Å². The summed E-state index contributed by atoms with van der Waals surface area (Å²) < 4.78 is 0. The van der Waals surface area contributed by atoms with Crippen LogP contribution in [-0.4, -0.2) is 17.4 Å². The Hall–Kier alpha value is -2.16. The quantitative estimate of drug-likeness (QED) is 0.765. The summed E-state index contributed by atoms with van der Waals surface area (Å²) in [6.07, 6.45) is 2.64. The van der Waals surface area contributed by atoms with E-state index >= 15 is 0 Å². The van der Waals surface area contributed by atoms with Crippen molar-refractivity contribution in [2.45, 2.75) is 13.3 Å². The molecule has 0 aliphatic carbocycles. The van der Waals surface area contributed by atoms with Crippen molar-refractivity contribution < 1.29 is 4.79 Å². The maximum Gasteiger partial charge on any atom is 0.260 e. The number of benzene rings is 1. The number of fused-ring (bicyclic) bond motifs is 1. The van der Waals surface area contributed by atoms with Crippen LogP contribution in [0.1, 0.15) is 21.6 Å². The van der Waals surface area contributed by atoms with Gasteiger partial charge in [0.1, 0.15) is 0 Å². The highest BCUT2D eigenvalue weighted by Gasteiger charge is 2.25. The molecule has 0 saturated carbocycles. The van der Waals surface area contributed by atoms with Crippen LogP contribution in [0.5, 0.6) is 0 Å². The largest absolute Gasteiger partial charge is 0.308 e. The zero-order chi connectivity index (χ0) is 12.5. The lowest BCUT2D eigenvalue weighted by atomic mass is 10.1. The van der Waals surface area contributed by atoms with Gasteiger partial charge in [0.2, 0.25) is 0 Å². The molecular formula is C15H14N2O. The number of nitrogens with zero attached hydrogens (tertiary/aromatic N) is 2. The molecule has 3 heteroatoms. The van der Waals surface area contributed by atoms with Crippen LogP contribution in [0.15, 0.2) is 42.6 Å². The molecule has 2 heterocycles. The van der Waals surface area contributed by atoms with Crippen LogP contribution in [0.2, 0.25) is 0 Å². The van der Waals surface area contributed by atoms with Crippen LogP contribution in [0.25, 0.3) is 0 Å². The second-order valence-electron chi connectivity index (χ2n) is 4.47. The topological polar surface area (TPSA) is 33.2 Å². The number of para-hydroxylation sites is 1. The van der Waals surface area contributed by atoms with Crippen LogP contribution in [0, 0.1) is 6.92 Å². The van der Waals surface area contributed by atoms with Crippen molar-refractivity contribution in [3.05, 3.63) is 59.4 Å². The van der Waals surface area contributed by atoms with E-state index in [0.717, 1.165) is 24.3 Å². The van der Waals surface area contributed by atoms with Crippen molar-refractivity contribution >= 4 is 11.6 Å². The Morgan fingerprint density at radius 1 is 1.22 bits per heavy atom. The third-order valence-corrected chi connectivity index (χ3v) is 3.37. The van der Waals surface area contributed by atoms with Crippen molar-refractivity contribution in [1.29, 1.82) is 0 Å². The number of amides is 1. The lowest BCUT2D eigenvalue weighted by Gasteiger charge is -2.18. The molecule has 2 aromatic rings. The second-order valence-corrected chi connectivity index (χ2v) is 4.47. The molecule has 0 N–H and O–H groups in total. The van der Waals surface area contributed by atoms with Gasteiger partial charge in [-0.15, -0.1) is 0 Å². The highest BCUT2D eigenvalue weighted by molar-refractivity contribution is 6.07. The molecule has 0 unspecified atom stereocenters. The van der Waals surface area contributed by atoms with Crippen molar-refractivity contribution in [1.82, 2.24) is 4.98 Å². The van der Waals surface area contributed by atoms with Gasteiger partial charge in [0.15, 0.2) is 0 Å². The molecule has 1 aliphatic heterocycles. The fraction of sp³-hybridized carbons (Fsp3) is 0.200. The molecule has 0 atom stereocenters. The monoisotopic (exact) mass is 238 g/mol. The van der Waals surface area contributed by atoms with Gasteiger partial charge in [-0.2, -0.15) is 0 Å². The molecule has 0 radical (unpaired) electrons. The fourth-order valence-electron chi connectivity index (χ4n) is 2.40. The van der Waals surface area contributed by atoms with Gasteiger partial charge in [0.05, 0.1) is 5.56 Å². The highest BCUT2D eigenvalue weighted by atomic mass is 16.2. The van der Waals surface area contributed by atoms with Crippen molar-refractivity contribution in [3.63, 3.8) is 0 Å². The number of carbonyl (C=O) groups is 1. The molecule has 1 aromatic heterocycles. The Labute approximate surface area is 106 Å². The highest BCUT2D eigenvalue weighted by Crippen LogP contribution is 2.29. The Kier molecular flexibility index (Phi) is 2.59. The Morgan fingerprint density at radius 3 is 2.89 bits per heavy atom. The van der Waals surface area contributed by atoms with Crippen LogP contribution in [0.4, 0.5) is 5.69 Å². The minimum atomic E-state index is 0.0468. The molecule has 0 spiro atoms. The third-order valence-electron chi connectivity index (χ3n) is 3.37. The SMILES string of the molecule is Cc1ncccc1C(=O)N1CCc2ccccc21. The van der Waals surface area contributed by atoms with Crippen LogP contribution in [-0.2, 0) is 6.42 Å². The first kappa shape index (κ1) is 11.0. The number of anilines is 1. The smallest absolute Gasteiger partial charge is 0.260 e. The van der Waals surface area contributed by atoms with Crippen LogP contribution in [0.3, 0.4) is 0 Å². The molecular weight excluding hydrogens is 224 g/mol. The molecule has 1 aromatic carbocycles. The predicted octanol–water partition coefficient (Wildman–Crippen LogP) is 2.59. The molecule has 1 amide bonds. The van der Waals surface area contributed by atoms with E-state index in [0.29, 0.717) is 5.56 Å². The van der Waals surface area contributed by atoms with Gasteiger partial charge in [-0.25, -0.2) is 0 Å². The number of aromatic nitrogens is 1. The number of hydrogen-bond acceptors (Lipinski definition) is 2. The van der Waals surface area contributed by atoms with E-state index in [4.69, 9.17) is 0 Å². The van der Waals surface area contributed by atoms with E-state index in [-0.39, 0.29) is 5.91 Å². The summed E-state index contributed by atoms with van der Waals surface area (Å²) in [5.41, 5.74) is 3.75. The maximum absolute atomic E-state index is 12.5. The third kappa shape index (κ3) is 1.68. The fourth-order valence-corrected chi connectivity index (χ4v) is 2.40. The zero-order valence-corrected chi connectivity index (χ0v) is 10.3. The summed E-state index contributed by atoms with van der Waals surface area (Å²) in [5.74, 6) is 0.0468. The first-order chi connectivity index (χ1) is 8.77. The maximum atomic E-state index is 12.5. The number of pyridine rings is 1. The first-order valence-corrected chi connectivity index (χ1v) is 6.09. The summed E-state index contributed by atoms with van der Waals surface area (Å²) >= 11 is 0. The summed E-state index contributed by atoms with van der Waals surface area (Å²) in [6.45, 7) is 2.63. The van der Waals surface area contributed by atoms with E-state index in [2.05, 4.69) is 11.1 Å². The van der Waals surface area contributed by atoms with Crippen LogP contribution >= 0.6 is 0 Å². The molecule has 0 saturated heterocycles. The summed E-state index contributed by atoms with van der Waals surface area (Å²) in [5, 5.41) is 0. The Morgan fingerprint density at radius 2 is 2.06 bits per heavy atom. The number of rotatable bonds is 1. The van der Waals surface area contributed by atoms with Gasteiger partial charge in [0.25, 0.3) is 5.91 Å². The van der Waals surface area contributed by atoms with E-state index in [1.807, 2.05) is 42.2 Å². The Bertz CT molecular complexity index is 607. The van der Waals surface area contributed by atoms with E-state index in [1.165, 1.54) is 5.56 Å². The average Bonchev–Trinajstić information content (AvgIpc) is 2.82. The summed E-state index contributed by atoms with van der Waals surface area (Å²) in [6, 6.07) is 11.7. The summed E-state index contributed by atoms with van der Waals surface area (Å²) in [4.78, 5) is 18.5. The van der Waals surface area contributed by atoms with E-state index in [9.17, 15) is 4.79 Å². The van der Waals surface area contributed by atoms with E-state index in [1.54, 1.807) is 6.20 Å². The normalized spacial score (nSPS) is 13.5. The molecule has 1 aliphatic rings. The number of aryl methyl sites for hydroxylation is 1. The molecule has 90 valence electrons. The van der Waals surface area contributed by atoms with Crippen molar-refractivity contribution in [2.24, 2.45) is 0 Å². The predicted molar refractivity (Wildman–Crippen MR) is 70.8 cm³/mol. The minimum absolute atomic E-state index is 0.0468. The lowest BCUT2D eigenvalue weighted by molar-refractivity contribution is 0.0988. The van der Waals surface area contributed by atoms with Gasteiger partial charge >= 0.3 is 0 Å². The first-order valence-electron chi connectivity index (χ1n) is 6.09. The van der Waals surface area contributed by atoms with Crippen molar-refractivity contribution in [2.75, 3.05) is 11.4 Å². The second kappa shape index (κ2) is 4.26.